The van der Waals surface area contributed by atoms with Crippen molar-refractivity contribution in [1.29, 1.82) is 0 Å². The van der Waals surface area contributed by atoms with Gasteiger partial charge in [-0.1, -0.05) is 34.5 Å². The highest BCUT2D eigenvalue weighted by Gasteiger charge is 2.17. The van der Waals surface area contributed by atoms with Gasteiger partial charge in [-0.2, -0.15) is 0 Å². The smallest absolute Gasteiger partial charge is 0.0370 e. The van der Waals surface area contributed by atoms with E-state index >= 15 is 0 Å². The van der Waals surface area contributed by atoms with E-state index in [1.54, 1.807) is 5.57 Å². The second-order valence-electron chi connectivity index (χ2n) is 5.64. The zero-order valence-corrected chi connectivity index (χ0v) is 13.0. The summed E-state index contributed by atoms with van der Waals surface area (Å²) in [6.45, 7) is 7.81. The van der Waals surface area contributed by atoms with E-state index in [1.807, 2.05) is 0 Å². The van der Waals surface area contributed by atoms with Crippen LogP contribution in [0.5, 0.6) is 0 Å². The lowest BCUT2D eigenvalue weighted by Crippen LogP contribution is -2.20. The van der Waals surface area contributed by atoms with Crippen LogP contribution in [0.3, 0.4) is 0 Å². The molecule has 0 radical (unpaired) electrons. The molecule has 0 aliphatic heterocycles. The Balaban J connectivity index is 1.94. The fraction of sp³-hybridized carbons (Fsp3) is 0.500. The molecule has 0 saturated heterocycles. The lowest BCUT2D eigenvalue weighted by molar-refractivity contribution is 0.421. The SMILES string of the molecule is CC1=CC(C)CC(CNc2ccc(Br)cc2C)C1. The second-order valence-corrected chi connectivity index (χ2v) is 6.55. The highest BCUT2D eigenvalue weighted by Crippen LogP contribution is 2.28. The molecule has 0 bridgehead atoms. The molecule has 0 spiro atoms. The van der Waals surface area contributed by atoms with Crippen molar-refractivity contribution in [1.82, 2.24) is 0 Å². The van der Waals surface area contributed by atoms with E-state index in [4.69, 9.17) is 0 Å². The van der Waals surface area contributed by atoms with Crippen LogP contribution in [0, 0.1) is 18.8 Å². The first-order chi connectivity index (χ1) is 8.54. The predicted octanol–water partition coefficient (Wildman–Crippen LogP) is 5.16. The molecule has 2 heteroatoms. The van der Waals surface area contributed by atoms with E-state index < -0.39 is 0 Å². The van der Waals surface area contributed by atoms with Gasteiger partial charge < -0.3 is 5.32 Å². The van der Waals surface area contributed by atoms with Crippen LogP contribution in [-0.4, -0.2) is 6.54 Å². The molecule has 2 unspecified atom stereocenters. The Bertz CT molecular complexity index is 450. The number of rotatable bonds is 3. The van der Waals surface area contributed by atoms with Gasteiger partial charge in [0, 0.05) is 16.7 Å². The average molecular weight is 308 g/mol. The molecule has 1 N–H and O–H groups in total. The normalized spacial score (nSPS) is 23.7. The maximum absolute atomic E-state index is 3.60. The van der Waals surface area contributed by atoms with Crippen LogP contribution in [0.4, 0.5) is 5.69 Å². The molecule has 0 heterocycles. The molecule has 98 valence electrons. The summed E-state index contributed by atoms with van der Waals surface area (Å²) in [4.78, 5) is 0. The molecule has 2 rings (SSSR count). The third-order valence-corrected chi connectivity index (χ3v) is 4.15. The van der Waals surface area contributed by atoms with Gasteiger partial charge in [0.25, 0.3) is 0 Å². The lowest BCUT2D eigenvalue weighted by atomic mass is 9.83. The minimum absolute atomic E-state index is 0.733. The van der Waals surface area contributed by atoms with Crippen molar-refractivity contribution in [2.24, 2.45) is 11.8 Å². The topological polar surface area (TPSA) is 12.0 Å². The van der Waals surface area contributed by atoms with Gasteiger partial charge in [0.2, 0.25) is 0 Å². The maximum Gasteiger partial charge on any atom is 0.0370 e. The van der Waals surface area contributed by atoms with E-state index in [-0.39, 0.29) is 0 Å². The summed E-state index contributed by atoms with van der Waals surface area (Å²) in [5.74, 6) is 1.50. The molecule has 1 aliphatic carbocycles. The Morgan fingerprint density at radius 3 is 2.78 bits per heavy atom. The van der Waals surface area contributed by atoms with Crippen molar-refractivity contribution in [3.05, 3.63) is 39.9 Å². The minimum atomic E-state index is 0.733. The fourth-order valence-electron chi connectivity index (χ4n) is 2.92. The van der Waals surface area contributed by atoms with Gasteiger partial charge in [0.1, 0.15) is 0 Å². The standard InChI is InChI=1S/C16H22BrN/c1-11-6-12(2)8-14(7-11)10-18-16-5-4-15(17)9-13(16)3/h4-6,9,11,14,18H,7-8,10H2,1-3H3. The first kappa shape index (κ1) is 13.7. The number of anilines is 1. The van der Waals surface area contributed by atoms with Crippen LogP contribution in [0.1, 0.15) is 32.3 Å². The zero-order chi connectivity index (χ0) is 13.1. The Morgan fingerprint density at radius 2 is 2.11 bits per heavy atom. The Hall–Kier alpha value is -0.760. The predicted molar refractivity (Wildman–Crippen MR) is 83.0 cm³/mol. The first-order valence-electron chi connectivity index (χ1n) is 6.72. The molecule has 1 aromatic carbocycles. The van der Waals surface area contributed by atoms with E-state index in [0.717, 1.165) is 22.9 Å². The van der Waals surface area contributed by atoms with Gasteiger partial charge in [0.15, 0.2) is 0 Å². The van der Waals surface area contributed by atoms with Gasteiger partial charge >= 0.3 is 0 Å². The first-order valence-corrected chi connectivity index (χ1v) is 7.51. The van der Waals surface area contributed by atoms with E-state index in [1.165, 1.54) is 24.1 Å². The van der Waals surface area contributed by atoms with Gasteiger partial charge in [-0.15, -0.1) is 0 Å². The third-order valence-electron chi connectivity index (χ3n) is 3.65. The number of nitrogens with one attached hydrogen (secondary N) is 1. The van der Waals surface area contributed by atoms with E-state index in [0.29, 0.717) is 0 Å². The van der Waals surface area contributed by atoms with Crippen LogP contribution < -0.4 is 5.32 Å². The summed E-state index contributed by atoms with van der Waals surface area (Å²) in [5.41, 5.74) is 4.12. The monoisotopic (exact) mass is 307 g/mol. The summed E-state index contributed by atoms with van der Waals surface area (Å²) in [6.07, 6.45) is 4.97. The summed E-state index contributed by atoms with van der Waals surface area (Å²) >= 11 is 3.50. The Labute approximate surface area is 119 Å². The molecule has 2 atom stereocenters. The molecule has 1 aromatic rings. The number of halogens is 1. The molecule has 18 heavy (non-hydrogen) atoms. The van der Waals surface area contributed by atoms with Gasteiger partial charge in [-0.25, -0.2) is 0 Å². The lowest BCUT2D eigenvalue weighted by Gasteiger charge is -2.26. The maximum atomic E-state index is 3.60. The van der Waals surface area contributed by atoms with Crippen LogP contribution in [0.15, 0.2) is 34.3 Å². The van der Waals surface area contributed by atoms with Crippen molar-refractivity contribution in [3.8, 4) is 0 Å². The molecule has 0 amide bonds. The highest BCUT2D eigenvalue weighted by molar-refractivity contribution is 9.10. The molecular weight excluding hydrogens is 286 g/mol. The van der Waals surface area contributed by atoms with Gasteiger partial charge in [0.05, 0.1) is 0 Å². The molecule has 1 aliphatic rings. The zero-order valence-electron chi connectivity index (χ0n) is 11.5. The number of allylic oxidation sites excluding steroid dienone is 2. The van der Waals surface area contributed by atoms with Crippen molar-refractivity contribution in [2.45, 2.75) is 33.6 Å². The summed E-state index contributed by atoms with van der Waals surface area (Å²) in [7, 11) is 0. The van der Waals surface area contributed by atoms with Crippen LogP contribution in [-0.2, 0) is 0 Å². The van der Waals surface area contributed by atoms with Crippen molar-refractivity contribution < 1.29 is 0 Å². The highest BCUT2D eigenvalue weighted by atomic mass is 79.9. The number of aryl methyl sites for hydroxylation is 1. The van der Waals surface area contributed by atoms with Crippen LogP contribution in [0.2, 0.25) is 0 Å². The van der Waals surface area contributed by atoms with Crippen molar-refractivity contribution in [2.75, 3.05) is 11.9 Å². The van der Waals surface area contributed by atoms with Gasteiger partial charge in [-0.3, -0.25) is 0 Å². The Kier molecular flexibility index (Phi) is 4.50. The van der Waals surface area contributed by atoms with Crippen LogP contribution in [0.25, 0.3) is 0 Å². The summed E-state index contributed by atoms with van der Waals surface area (Å²) in [6, 6.07) is 6.43. The molecule has 0 saturated carbocycles. The number of hydrogen-bond donors (Lipinski definition) is 1. The number of benzene rings is 1. The van der Waals surface area contributed by atoms with E-state index in [9.17, 15) is 0 Å². The second kappa shape index (κ2) is 5.92. The number of hydrogen-bond acceptors (Lipinski definition) is 1. The quantitative estimate of drug-likeness (QED) is 0.760. The molecule has 0 aromatic heterocycles. The van der Waals surface area contributed by atoms with Gasteiger partial charge in [-0.05, 0) is 62.3 Å². The summed E-state index contributed by atoms with van der Waals surface area (Å²) < 4.78 is 1.15. The fourth-order valence-corrected chi connectivity index (χ4v) is 3.40. The average Bonchev–Trinajstić information content (AvgIpc) is 2.26. The van der Waals surface area contributed by atoms with Crippen molar-refractivity contribution in [3.63, 3.8) is 0 Å². The molecular formula is C16H22BrN. The third kappa shape index (κ3) is 3.61. The van der Waals surface area contributed by atoms with E-state index in [2.05, 4.69) is 66.3 Å². The largest absolute Gasteiger partial charge is 0.385 e. The van der Waals surface area contributed by atoms with Crippen LogP contribution >= 0.6 is 15.9 Å². The minimum Gasteiger partial charge on any atom is -0.385 e. The summed E-state index contributed by atoms with van der Waals surface area (Å²) in [5, 5.41) is 3.60. The van der Waals surface area contributed by atoms with Crippen molar-refractivity contribution >= 4 is 21.6 Å². The molecule has 0 fully saturated rings. The Morgan fingerprint density at radius 1 is 1.33 bits per heavy atom. The molecule has 1 nitrogen and oxygen atoms in total.